The van der Waals surface area contributed by atoms with Crippen LogP contribution < -0.4 is 11.1 Å². The Morgan fingerprint density at radius 2 is 2.10 bits per heavy atom. The van der Waals surface area contributed by atoms with E-state index in [-0.39, 0.29) is 11.7 Å². The molecule has 114 valence electrons. The molecule has 0 aliphatic carbocycles. The molecule has 0 aromatic carbocycles. The van der Waals surface area contributed by atoms with Gasteiger partial charge in [0.25, 0.3) is 0 Å². The van der Waals surface area contributed by atoms with E-state index in [1.807, 2.05) is 19.9 Å². The summed E-state index contributed by atoms with van der Waals surface area (Å²) >= 11 is 1.46. The summed E-state index contributed by atoms with van der Waals surface area (Å²) in [5, 5.41) is 4.33. The zero-order valence-electron chi connectivity index (χ0n) is 13.2. The number of nitrogens with zero attached hydrogens (tertiary/aromatic N) is 1. The molecule has 1 rings (SSSR count). The third-order valence-corrected chi connectivity index (χ3v) is 4.74. The summed E-state index contributed by atoms with van der Waals surface area (Å²) < 4.78 is 0. The SMILES string of the molecule is CCC(C)N(C)CCNc1cc(N)c(C(=O)C(C)C)s1. The number of thiophene rings is 1. The van der Waals surface area contributed by atoms with Gasteiger partial charge < -0.3 is 16.0 Å². The molecule has 20 heavy (non-hydrogen) atoms. The van der Waals surface area contributed by atoms with E-state index in [1.54, 1.807) is 0 Å². The molecule has 0 amide bonds. The highest BCUT2D eigenvalue weighted by Crippen LogP contribution is 2.31. The van der Waals surface area contributed by atoms with Gasteiger partial charge in [0, 0.05) is 25.0 Å². The van der Waals surface area contributed by atoms with E-state index in [9.17, 15) is 4.79 Å². The molecule has 0 saturated carbocycles. The lowest BCUT2D eigenvalue weighted by Gasteiger charge is -2.23. The monoisotopic (exact) mass is 297 g/mol. The van der Waals surface area contributed by atoms with Crippen molar-refractivity contribution in [2.75, 3.05) is 31.2 Å². The number of ketones is 1. The van der Waals surface area contributed by atoms with E-state index < -0.39 is 0 Å². The molecule has 3 N–H and O–H groups in total. The van der Waals surface area contributed by atoms with E-state index in [4.69, 9.17) is 5.73 Å². The minimum atomic E-state index is -0.0136. The highest BCUT2D eigenvalue weighted by molar-refractivity contribution is 7.18. The molecule has 5 heteroatoms. The van der Waals surface area contributed by atoms with Gasteiger partial charge in [0.2, 0.25) is 0 Å². The van der Waals surface area contributed by atoms with Gasteiger partial charge in [-0.25, -0.2) is 0 Å². The normalized spacial score (nSPS) is 12.9. The van der Waals surface area contributed by atoms with Crippen LogP contribution in [0.2, 0.25) is 0 Å². The maximum Gasteiger partial charge on any atom is 0.177 e. The Labute approximate surface area is 126 Å². The van der Waals surface area contributed by atoms with Gasteiger partial charge in [-0.3, -0.25) is 4.79 Å². The lowest BCUT2D eigenvalue weighted by molar-refractivity contribution is 0.0944. The maximum atomic E-state index is 12.0. The minimum Gasteiger partial charge on any atom is -0.397 e. The average molecular weight is 297 g/mol. The molecule has 0 saturated heterocycles. The van der Waals surface area contributed by atoms with Crippen LogP contribution in [0.4, 0.5) is 10.7 Å². The summed E-state index contributed by atoms with van der Waals surface area (Å²) in [5.74, 6) is 0.109. The number of Topliss-reactive ketones (excluding diaryl/α,β-unsaturated/α-hetero) is 1. The summed E-state index contributed by atoms with van der Waals surface area (Å²) in [7, 11) is 2.13. The zero-order valence-corrected chi connectivity index (χ0v) is 14.0. The summed E-state index contributed by atoms with van der Waals surface area (Å²) in [6, 6.07) is 2.45. The van der Waals surface area contributed by atoms with Gasteiger partial charge in [0.15, 0.2) is 5.78 Å². The fourth-order valence-electron chi connectivity index (χ4n) is 1.83. The van der Waals surface area contributed by atoms with Crippen molar-refractivity contribution >= 4 is 27.8 Å². The predicted octanol–water partition coefficient (Wildman–Crippen LogP) is 3.31. The Balaban J connectivity index is 2.54. The van der Waals surface area contributed by atoms with Crippen LogP contribution >= 0.6 is 11.3 Å². The number of carbonyl (C=O) groups is 1. The van der Waals surface area contributed by atoms with Crippen LogP contribution in [0.5, 0.6) is 0 Å². The minimum absolute atomic E-state index is 0.0136. The molecule has 0 fully saturated rings. The van der Waals surface area contributed by atoms with Crippen molar-refractivity contribution in [1.29, 1.82) is 0 Å². The Bertz CT molecular complexity index is 442. The molecular weight excluding hydrogens is 270 g/mol. The number of hydrogen-bond donors (Lipinski definition) is 2. The van der Waals surface area contributed by atoms with Gasteiger partial charge in [-0.05, 0) is 26.5 Å². The van der Waals surface area contributed by atoms with Crippen molar-refractivity contribution in [1.82, 2.24) is 4.90 Å². The number of nitrogens with one attached hydrogen (secondary N) is 1. The van der Waals surface area contributed by atoms with E-state index in [0.29, 0.717) is 16.6 Å². The zero-order chi connectivity index (χ0) is 15.3. The largest absolute Gasteiger partial charge is 0.397 e. The topological polar surface area (TPSA) is 58.4 Å². The molecule has 1 unspecified atom stereocenters. The highest BCUT2D eigenvalue weighted by Gasteiger charge is 2.17. The van der Waals surface area contributed by atoms with Crippen molar-refractivity contribution in [3.8, 4) is 0 Å². The van der Waals surface area contributed by atoms with Crippen LogP contribution in [0.25, 0.3) is 0 Å². The van der Waals surface area contributed by atoms with Gasteiger partial charge in [-0.2, -0.15) is 0 Å². The average Bonchev–Trinajstić information content (AvgIpc) is 2.77. The molecule has 0 spiro atoms. The van der Waals surface area contributed by atoms with E-state index in [2.05, 4.69) is 31.1 Å². The van der Waals surface area contributed by atoms with E-state index in [0.717, 1.165) is 24.5 Å². The highest BCUT2D eigenvalue weighted by atomic mass is 32.1. The third kappa shape index (κ3) is 4.49. The second-order valence-electron chi connectivity index (χ2n) is 5.58. The van der Waals surface area contributed by atoms with Crippen LogP contribution in [0.15, 0.2) is 6.07 Å². The maximum absolute atomic E-state index is 12.0. The van der Waals surface area contributed by atoms with E-state index in [1.165, 1.54) is 11.3 Å². The van der Waals surface area contributed by atoms with Gasteiger partial charge in [-0.1, -0.05) is 20.8 Å². The van der Waals surface area contributed by atoms with Crippen molar-refractivity contribution in [2.45, 2.75) is 40.2 Å². The molecule has 0 radical (unpaired) electrons. The smallest absolute Gasteiger partial charge is 0.177 e. The van der Waals surface area contributed by atoms with Gasteiger partial charge in [-0.15, -0.1) is 11.3 Å². The molecule has 1 aromatic heterocycles. The van der Waals surface area contributed by atoms with Crippen molar-refractivity contribution in [3.05, 3.63) is 10.9 Å². The first-order valence-corrected chi connectivity index (χ1v) is 8.06. The fraction of sp³-hybridized carbons (Fsp3) is 0.667. The number of nitrogen functional groups attached to an aromatic ring is 1. The van der Waals surface area contributed by atoms with Crippen LogP contribution in [0.1, 0.15) is 43.8 Å². The summed E-state index contributed by atoms with van der Waals surface area (Å²) in [4.78, 5) is 15.0. The Morgan fingerprint density at radius 1 is 1.45 bits per heavy atom. The summed E-state index contributed by atoms with van der Waals surface area (Å²) in [6.45, 7) is 10.0. The number of hydrogen-bond acceptors (Lipinski definition) is 5. The first-order chi connectivity index (χ1) is 9.36. The predicted molar refractivity (Wildman–Crippen MR) is 88.8 cm³/mol. The van der Waals surface area contributed by atoms with Crippen molar-refractivity contribution < 1.29 is 4.79 Å². The Kier molecular flexibility index (Phi) is 6.49. The number of likely N-dealkylation sites (N-methyl/N-ethyl adjacent to an activating group) is 1. The summed E-state index contributed by atoms with van der Waals surface area (Å²) in [6.07, 6.45) is 1.15. The number of nitrogens with two attached hydrogens (primary N) is 1. The van der Waals surface area contributed by atoms with Crippen LogP contribution in [-0.4, -0.2) is 36.9 Å². The molecule has 1 heterocycles. The van der Waals surface area contributed by atoms with Crippen LogP contribution in [-0.2, 0) is 0 Å². The number of anilines is 2. The molecule has 0 aliphatic heterocycles. The quantitative estimate of drug-likeness (QED) is 0.723. The van der Waals surface area contributed by atoms with Gasteiger partial charge >= 0.3 is 0 Å². The molecule has 1 atom stereocenters. The molecule has 1 aromatic rings. The standard InChI is InChI=1S/C15H27N3OS/c1-6-11(4)18(5)8-7-17-13-9-12(16)15(20-13)14(19)10(2)3/h9-11,17H,6-8,16H2,1-5H3. The van der Waals surface area contributed by atoms with Crippen molar-refractivity contribution in [3.63, 3.8) is 0 Å². The first kappa shape index (κ1) is 17.0. The van der Waals surface area contributed by atoms with Crippen LogP contribution in [0, 0.1) is 5.92 Å². The Morgan fingerprint density at radius 3 is 2.65 bits per heavy atom. The second-order valence-corrected chi connectivity index (χ2v) is 6.63. The Hall–Kier alpha value is -1.07. The number of carbonyl (C=O) groups excluding carboxylic acids is 1. The lowest BCUT2D eigenvalue weighted by atomic mass is 10.1. The first-order valence-electron chi connectivity index (χ1n) is 7.24. The number of rotatable bonds is 8. The van der Waals surface area contributed by atoms with E-state index >= 15 is 0 Å². The second kappa shape index (κ2) is 7.64. The third-order valence-electron chi connectivity index (χ3n) is 3.62. The van der Waals surface area contributed by atoms with Gasteiger partial charge in [0.05, 0.1) is 15.6 Å². The van der Waals surface area contributed by atoms with Crippen LogP contribution in [0.3, 0.4) is 0 Å². The summed E-state index contributed by atoms with van der Waals surface area (Å²) in [5.41, 5.74) is 6.51. The lowest BCUT2D eigenvalue weighted by Crippen LogP contribution is -2.32. The van der Waals surface area contributed by atoms with Gasteiger partial charge in [0.1, 0.15) is 0 Å². The van der Waals surface area contributed by atoms with Crippen molar-refractivity contribution in [2.24, 2.45) is 5.92 Å². The fourth-order valence-corrected chi connectivity index (χ4v) is 2.93. The molecule has 0 aliphatic rings. The molecule has 0 bridgehead atoms. The molecular formula is C15H27N3OS. The molecule has 4 nitrogen and oxygen atoms in total.